The molecule has 3 aromatic rings. The summed E-state index contributed by atoms with van der Waals surface area (Å²) >= 11 is 6.02. The van der Waals surface area contributed by atoms with Crippen LogP contribution in [0.1, 0.15) is 27.6 Å². The molecule has 0 bridgehead atoms. The van der Waals surface area contributed by atoms with Crippen molar-refractivity contribution in [3.8, 4) is 0 Å². The Balaban J connectivity index is 1.41. The zero-order valence-corrected chi connectivity index (χ0v) is 19.1. The molecule has 1 heterocycles. The maximum atomic E-state index is 14.1. The van der Waals surface area contributed by atoms with Crippen LogP contribution < -0.4 is 0 Å². The van der Waals surface area contributed by atoms with Crippen LogP contribution in [0.4, 0.5) is 13.2 Å². The van der Waals surface area contributed by atoms with E-state index < -0.39 is 23.6 Å². The Labute approximate surface area is 201 Å². The zero-order chi connectivity index (χ0) is 24.1. The third kappa shape index (κ3) is 5.97. The lowest BCUT2D eigenvalue weighted by Crippen LogP contribution is -2.49. The van der Waals surface area contributed by atoms with Crippen LogP contribution in [-0.2, 0) is 11.3 Å². The van der Waals surface area contributed by atoms with E-state index in [4.69, 9.17) is 16.3 Å². The first-order chi connectivity index (χ1) is 16.4. The first kappa shape index (κ1) is 24.3. The van der Waals surface area contributed by atoms with Crippen molar-refractivity contribution in [2.75, 3.05) is 32.7 Å². The fourth-order valence-electron chi connectivity index (χ4n) is 3.96. The van der Waals surface area contributed by atoms with Crippen LogP contribution in [-0.4, -0.2) is 48.4 Å². The summed E-state index contributed by atoms with van der Waals surface area (Å²) in [6, 6.07) is 16.5. The quantitative estimate of drug-likeness (QED) is 0.442. The standard InChI is InChI=1S/C26H24ClF3N2O2/c27-20-9-7-18(8-10-20)25(34-17-22-23(29)5-2-6-24(22)30)16-31-11-13-32(14-12-31)26(33)19-3-1-4-21(28)15-19/h1-10,15,25H,11-14,16-17H2/t25-/m0/s1. The summed E-state index contributed by atoms with van der Waals surface area (Å²) in [5.74, 6) is -1.96. The molecule has 1 aliphatic rings. The van der Waals surface area contributed by atoms with Crippen molar-refractivity contribution in [3.63, 3.8) is 0 Å². The molecule has 3 aromatic carbocycles. The largest absolute Gasteiger partial charge is 0.367 e. The summed E-state index contributed by atoms with van der Waals surface area (Å²) in [7, 11) is 0. The Bertz CT molecular complexity index is 1110. The van der Waals surface area contributed by atoms with E-state index in [-0.39, 0.29) is 18.1 Å². The second-order valence-electron chi connectivity index (χ2n) is 8.15. The van der Waals surface area contributed by atoms with Crippen LogP contribution in [0.5, 0.6) is 0 Å². The van der Waals surface area contributed by atoms with E-state index in [9.17, 15) is 18.0 Å². The average Bonchev–Trinajstić information content (AvgIpc) is 2.83. The minimum atomic E-state index is -0.653. The van der Waals surface area contributed by atoms with E-state index in [1.165, 1.54) is 36.4 Å². The molecule has 0 unspecified atom stereocenters. The minimum absolute atomic E-state index is 0.119. The Morgan fingerprint density at radius 1 is 0.912 bits per heavy atom. The molecule has 0 N–H and O–H groups in total. The smallest absolute Gasteiger partial charge is 0.254 e. The Morgan fingerprint density at radius 2 is 1.56 bits per heavy atom. The second-order valence-corrected chi connectivity index (χ2v) is 8.59. The number of nitrogens with zero attached hydrogens (tertiary/aromatic N) is 2. The van der Waals surface area contributed by atoms with Gasteiger partial charge in [0.15, 0.2) is 0 Å². The van der Waals surface area contributed by atoms with Crippen molar-refractivity contribution in [1.82, 2.24) is 9.80 Å². The number of hydrogen-bond acceptors (Lipinski definition) is 3. The van der Waals surface area contributed by atoms with Gasteiger partial charge < -0.3 is 9.64 Å². The average molecular weight is 489 g/mol. The van der Waals surface area contributed by atoms with E-state index in [1.807, 2.05) is 12.1 Å². The van der Waals surface area contributed by atoms with E-state index in [1.54, 1.807) is 23.1 Å². The van der Waals surface area contributed by atoms with Crippen LogP contribution in [0.3, 0.4) is 0 Å². The lowest BCUT2D eigenvalue weighted by molar-refractivity contribution is 0.00144. The van der Waals surface area contributed by atoms with Gasteiger partial charge in [0.25, 0.3) is 5.91 Å². The van der Waals surface area contributed by atoms with E-state index in [2.05, 4.69) is 4.90 Å². The molecular formula is C26H24ClF3N2O2. The minimum Gasteiger partial charge on any atom is -0.367 e. The predicted molar refractivity (Wildman–Crippen MR) is 124 cm³/mol. The van der Waals surface area contributed by atoms with Crippen molar-refractivity contribution >= 4 is 17.5 Å². The highest BCUT2D eigenvalue weighted by Gasteiger charge is 2.25. The van der Waals surface area contributed by atoms with Crippen LogP contribution in [0, 0.1) is 17.5 Å². The third-order valence-electron chi connectivity index (χ3n) is 5.89. The van der Waals surface area contributed by atoms with Crippen molar-refractivity contribution < 1.29 is 22.7 Å². The molecule has 34 heavy (non-hydrogen) atoms. The van der Waals surface area contributed by atoms with Gasteiger partial charge in [-0.2, -0.15) is 0 Å². The number of benzene rings is 3. The van der Waals surface area contributed by atoms with E-state index in [0.717, 1.165) is 5.56 Å². The number of amides is 1. The number of halogens is 4. The molecule has 0 radical (unpaired) electrons. The second kappa shape index (κ2) is 11.0. The molecule has 0 spiro atoms. The lowest BCUT2D eigenvalue weighted by Gasteiger charge is -2.36. The summed E-state index contributed by atoms with van der Waals surface area (Å²) in [6.07, 6.45) is -0.457. The first-order valence-electron chi connectivity index (χ1n) is 11.0. The van der Waals surface area contributed by atoms with Crippen LogP contribution >= 0.6 is 11.6 Å². The Kier molecular flexibility index (Phi) is 7.88. The molecule has 1 aliphatic heterocycles. The van der Waals surface area contributed by atoms with Crippen LogP contribution in [0.15, 0.2) is 66.7 Å². The summed E-state index contributed by atoms with van der Waals surface area (Å²) < 4.78 is 47.7. The third-order valence-corrected chi connectivity index (χ3v) is 6.14. The van der Waals surface area contributed by atoms with Crippen molar-refractivity contribution in [1.29, 1.82) is 0 Å². The Hall–Kier alpha value is -2.87. The monoisotopic (exact) mass is 488 g/mol. The molecule has 178 valence electrons. The molecule has 4 nitrogen and oxygen atoms in total. The van der Waals surface area contributed by atoms with Crippen molar-refractivity contribution in [2.24, 2.45) is 0 Å². The highest BCUT2D eigenvalue weighted by Crippen LogP contribution is 2.25. The molecule has 8 heteroatoms. The number of hydrogen-bond donors (Lipinski definition) is 0. The summed E-state index contributed by atoms with van der Waals surface area (Å²) in [4.78, 5) is 16.5. The highest BCUT2D eigenvalue weighted by molar-refractivity contribution is 6.30. The maximum Gasteiger partial charge on any atom is 0.254 e. The SMILES string of the molecule is O=C(c1cccc(F)c1)N1CCN(C[C@H](OCc2c(F)cccc2F)c2ccc(Cl)cc2)CC1. The predicted octanol–water partition coefficient (Wildman–Crippen LogP) is 5.47. The molecule has 1 saturated heterocycles. The van der Waals surface area contributed by atoms with E-state index >= 15 is 0 Å². The van der Waals surface area contributed by atoms with Gasteiger partial charge in [0, 0.05) is 48.9 Å². The topological polar surface area (TPSA) is 32.8 Å². The van der Waals surface area contributed by atoms with Gasteiger partial charge >= 0.3 is 0 Å². The van der Waals surface area contributed by atoms with Gasteiger partial charge in [-0.05, 0) is 48.0 Å². The first-order valence-corrected chi connectivity index (χ1v) is 11.4. The molecular weight excluding hydrogens is 465 g/mol. The Morgan fingerprint density at radius 3 is 2.21 bits per heavy atom. The highest BCUT2D eigenvalue weighted by atomic mass is 35.5. The van der Waals surface area contributed by atoms with Crippen LogP contribution in [0.25, 0.3) is 0 Å². The molecule has 1 amide bonds. The van der Waals surface area contributed by atoms with Gasteiger partial charge in [0.05, 0.1) is 12.7 Å². The number of carbonyl (C=O) groups excluding carboxylic acids is 1. The molecule has 0 aromatic heterocycles. The number of piperazine rings is 1. The van der Waals surface area contributed by atoms with Crippen LogP contribution in [0.2, 0.25) is 5.02 Å². The van der Waals surface area contributed by atoms with Gasteiger partial charge in [0.2, 0.25) is 0 Å². The molecule has 1 atom stereocenters. The molecule has 0 aliphatic carbocycles. The van der Waals surface area contributed by atoms with Crippen molar-refractivity contribution in [2.45, 2.75) is 12.7 Å². The summed E-state index contributed by atoms with van der Waals surface area (Å²) in [6.45, 7) is 2.38. The molecule has 4 rings (SSSR count). The van der Waals surface area contributed by atoms with Gasteiger partial charge in [0.1, 0.15) is 17.5 Å². The normalized spacial score (nSPS) is 15.4. The molecule has 1 fully saturated rings. The fraction of sp³-hybridized carbons (Fsp3) is 0.269. The summed E-state index contributed by atoms with van der Waals surface area (Å²) in [5, 5.41) is 0.576. The van der Waals surface area contributed by atoms with Gasteiger partial charge in [-0.25, -0.2) is 13.2 Å². The van der Waals surface area contributed by atoms with Gasteiger partial charge in [-0.1, -0.05) is 35.9 Å². The fourth-order valence-corrected chi connectivity index (χ4v) is 4.08. The maximum absolute atomic E-state index is 14.1. The number of carbonyl (C=O) groups is 1. The number of rotatable bonds is 7. The molecule has 0 saturated carbocycles. The lowest BCUT2D eigenvalue weighted by atomic mass is 10.1. The number of ether oxygens (including phenoxy) is 1. The summed E-state index contributed by atoms with van der Waals surface area (Å²) in [5.41, 5.74) is 1.04. The zero-order valence-electron chi connectivity index (χ0n) is 18.4. The van der Waals surface area contributed by atoms with Crippen molar-refractivity contribution in [3.05, 3.63) is 106 Å². The van der Waals surface area contributed by atoms with Gasteiger partial charge in [-0.15, -0.1) is 0 Å². The van der Waals surface area contributed by atoms with E-state index in [0.29, 0.717) is 43.3 Å². The van der Waals surface area contributed by atoms with Gasteiger partial charge in [-0.3, -0.25) is 9.69 Å².